The molecule has 0 radical (unpaired) electrons. The van der Waals surface area contributed by atoms with E-state index in [2.05, 4.69) is 31.2 Å². The van der Waals surface area contributed by atoms with Crippen LogP contribution in [0.5, 0.6) is 0 Å². The second-order valence-electron chi connectivity index (χ2n) is 7.04. The molecule has 2 aliphatic heterocycles. The first-order chi connectivity index (χ1) is 13.3. The molecule has 2 aliphatic rings. The fraction of sp³-hybridized carbons (Fsp3) is 0.450. The van der Waals surface area contributed by atoms with E-state index in [1.165, 1.54) is 0 Å². The van der Waals surface area contributed by atoms with Gasteiger partial charge in [-0.3, -0.25) is 14.7 Å². The third kappa shape index (κ3) is 4.26. The van der Waals surface area contributed by atoms with Crippen LogP contribution >= 0.6 is 0 Å². The smallest absolute Gasteiger partial charge is 0.237 e. The summed E-state index contributed by atoms with van der Waals surface area (Å²) in [7, 11) is 0. The Morgan fingerprint density at radius 3 is 2.70 bits per heavy atom. The lowest BCUT2D eigenvalue weighted by atomic mass is 10.1. The lowest BCUT2D eigenvalue weighted by molar-refractivity contribution is -0.135. The zero-order valence-electron chi connectivity index (χ0n) is 15.5. The molecule has 0 spiro atoms. The molecular formula is C20H26N6O. The van der Waals surface area contributed by atoms with Crippen LogP contribution < -0.4 is 10.2 Å². The number of piperazine rings is 2. The average Bonchev–Trinajstić information content (AvgIpc) is 2.75. The van der Waals surface area contributed by atoms with E-state index in [1.807, 2.05) is 41.6 Å². The first kappa shape index (κ1) is 17.9. The van der Waals surface area contributed by atoms with Gasteiger partial charge in [0, 0.05) is 64.4 Å². The number of pyridine rings is 2. The quantitative estimate of drug-likeness (QED) is 0.862. The van der Waals surface area contributed by atoms with Crippen LogP contribution in [0.2, 0.25) is 0 Å². The maximum Gasteiger partial charge on any atom is 0.237 e. The summed E-state index contributed by atoms with van der Waals surface area (Å²) < 4.78 is 0. The molecule has 1 N–H and O–H groups in total. The van der Waals surface area contributed by atoms with Crippen molar-refractivity contribution in [3.05, 3.63) is 54.5 Å². The summed E-state index contributed by atoms with van der Waals surface area (Å²) in [5.74, 6) is 1.22. The molecule has 1 atom stereocenters. The molecule has 0 bridgehead atoms. The molecule has 2 aromatic rings. The molecule has 27 heavy (non-hydrogen) atoms. The summed E-state index contributed by atoms with van der Waals surface area (Å²) in [6.45, 7) is 6.41. The molecular weight excluding hydrogens is 340 g/mol. The van der Waals surface area contributed by atoms with Crippen LogP contribution in [0.1, 0.15) is 11.6 Å². The van der Waals surface area contributed by atoms with Gasteiger partial charge in [0.25, 0.3) is 0 Å². The number of nitrogens with one attached hydrogen (secondary N) is 1. The molecule has 142 valence electrons. The number of anilines is 1. The highest BCUT2D eigenvalue weighted by Gasteiger charge is 2.29. The number of rotatable bonds is 4. The van der Waals surface area contributed by atoms with Gasteiger partial charge in [-0.15, -0.1) is 0 Å². The van der Waals surface area contributed by atoms with Crippen molar-refractivity contribution in [3.8, 4) is 0 Å². The van der Waals surface area contributed by atoms with Crippen molar-refractivity contribution >= 4 is 11.7 Å². The number of aromatic nitrogens is 2. The Hall–Kier alpha value is -2.51. The maximum atomic E-state index is 13.0. The van der Waals surface area contributed by atoms with Gasteiger partial charge in [-0.25, -0.2) is 4.98 Å². The van der Waals surface area contributed by atoms with Gasteiger partial charge in [-0.05, 0) is 23.8 Å². The summed E-state index contributed by atoms with van der Waals surface area (Å²) in [4.78, 5) is 28.2. The average molecular weight is 366 g/mol. The molecule has 7 nitrogen and oxygen atoms in total. The van der Waals surface area contributed by atoms with E-state index in [-0.39, 0.29) is 11.9 Å². The van der Waals surface area contributed by atoms with Crippen molar-refractivity contribution in [2.75, 3.05) is 57.3 Å². The fourth-order valence-corrected chi connectivity index (χ4v) is 3.83. The van der Waals surface area contributed by atoms with Crippen LogP contribution in [-0.2, 0) is 4.79 Å². The van der Waals surface area contributed by atoms with Crippen molar-refractivity contribution < 1.29 is 4.79 Å². The largest absolute Gasteiger partial charge is 0.354 e. The van der Waals surface area contributed by atoms with Gasteiger partial charge in [0.1, 0.15) is 5.82 Å². The highest BCUT2D eigenvalue weighted by molar-refractivity contribution is 5.79. The lowest BCUT2D eigenvalue weighted by Crippen LogP contribution is -2.54. The molecule has 0 saturated carbocycles. The first-order valence-corrected chi connectivity index (χ1v) is 9.60. The number of amides is 1. The van der Waals surface area contributed by atoms with Crippen LogP contribution in [0.3, 0.4) is 0 Å². The minimum absolute atomic E-state index is 0.0646. The molecule has 7 heteroatoms. The number of carbonyl (C=O) groups excluding carboxylic acids is 1. The molecule has 2 fully saturated rings. The number of carbonyl (C=O) groups is 1. The molecule has 0 aliphatic carbocycles. The van der Waals surface area contributed by atoms with E-state index in [0.717, 1.165) is 57.2 Å². The molecule has 1 amide bonds. The zero-order valence-corrected chi connectivity index (χ0v) is 15.5. The standard InChI is InChI=1S/C20H26N6O/c27-20(26-9-8-22-15-18(26)17-4-3-6-21-14-17)16-24-10-12-25(13-11-24)19-5-1-2-7-23-19/h1-7,14,18,22H,8-13,15-16H2. The van der Waals surface area contributed by atoms with E-state index < -0.39 is 0 Å². The normalized spacial score (nSPS) is 21.3. The monoisotopic (exact) mass is 366 g/mol. The van der Waals surface area contributed by atoms with Crippen molar-refractivity contribution in [2.24, 2.45) is 0 Å². The van der Waals surface area contributed by atoms with Crippen LogP contribution in [0, 0.1) is 0 Å². The van der Waals surface area contributed by atoms with Crippen molar-refractivity contribution in [2.45, 2.75) is 6.04 Å². The van der Waals surface area contributed by atoms with E-state index >= 15 is 0 Å². The zero-order chi connectivity index (χ0) is 18.5. The topological polar surface area (TPSA) is 64.6 Å². The van der Waals surface area contributed by atoms with E-state index in [0.29, 0.717) is 6.54 Å². The molecule has 0 aromatic carbocycles. The molecule has 4 heterocycles. The van der Waals surface area contributed by atoms with Gasteiger partial charge >= 0.3 is 0 Å². The molecule has 4 rings (SSSR count). The van der Waals surface area contributed by atoms with Crippen LogP contribution in [0.25, 0.3) is 0 Å². The summed E-state index contributed by atoms with van der Waals surface area (Å²) in [5, 5.41) is 3.40. The minimum Gasteiger partial charge on any atom is -0.354 e. The summed E-state index contributed by atoms with van der Waals surface area (Å²) >= 11 is 0. The fourth-order valence-electron chi connectivity index (χ4n) is 3.83. The van der Waals surface area contributed by atoms with Crippen LogP contribution in [0.4, 0.5) is 5.82 Å². The number of hydrogen-bond donors (Lipinski definition) is 1. The lowest BCUT2D eigenvalue weighted by Gasteiger charge is -2.39. The molecule has 2 aromatic heterocycles. The predicted octanol–water partition coefficient (Wildman–Crippen LogP) is 0.772. The Kier molecular flexibility index (Phi) is 5.60. The molecule has 2 saturated heterocycles. The van der Waals surface area contributed by atoms with E-state index in [9.17, 15) is 4.79 Å². The predicted molar refractivity (Wildman–Crippen MR) is 104 cm³/mol. The van der Waals surface area contributed by atoms with E-state index in [4.69, 9.17) is 0 Å². The van der Waals surface area contributed by atoms with Gasteiger partial charge in [-0.1, -0.05) is 12.1 Å². The maximum absolute atomic E-state index is 13.0. The van der Waals surface area contributed by atoms with Gasteiger partial charge in [0.05, 0.1) is 12.6 Å². The third-order valence-corrected chi connectivity index (χ3v) is 5.34. The second kappa shape index (κ2) is 8.45. The van der Waals surface area contributed by atoms with Gasteiger partial charge < -0.3 is 15.1 Å². The SMILES string of the molecule is O=C(CN1CCN(c2ccccn2)CC1)N1CCNCC1c1cccnc1. The Labute approximate surface area is 160 Å². The van der Waals surface area contributed by atoms with E-state index in [1.54, 1.807) is 6.20 Å². The minimum atomic E-state index is 0.0646. The Morgan fingerprint density at radius 2 is 1.96 bits per heavy atom. The summed E-state index contributed by atoms with van der Waals surface area (Å²) in [6, 6.07) is 10.0. The van der Waals surface area contributed by atoms with Crippen LogP contribution in [-0.4, -0.2) is 78.0 Å². The van der Waals surface area contributed by atoms with Crippen molar-refractivity contribution in [1.82, 2.24) is 25.1 Å². The summed E-state index contributed by atoms with van der Waals surface area (Å²) in [6.07, 6.45) is 5.46. The Balaban J connectivity index is 1.34. The van der Waals surface area contributed by atoms with Crippen LogP contribution in [0.15, 0.2) is 48.9 Å². The first-order valence-electron chi connectivity index (χ1n) is 9.60. The second-order valence-corrected chi connectivity index (χ2v) is 7.04. The van der Waals surface area contributed by atoms with Crippen molar-refractivity contribution in [3.63, 3.8) is 0 Å². The Bertz CT molecular complexity index is 733. The van der Waals surface area contributed by atoms with Gasteiger partial charge in [-0.2, -0.15) is 0 Å². The third-order valence-electron chi connectivity index (χ3n) is 5.34. The number of hydrogen-bond acceptors (Lipinski definition) is 6. The van der Waals surface area contributed by atoms with Gasteiger partial charge in [0.15, 0.2) is 0 Å². The van der Waals surface area contributed by atoms with Crippen molar-refractivity contribution in [1.29, 1.82) is 0 Å². The Morgan fingerprint density at radius 1 is 1.07 bits per heavy atom. The number of nitrogens with zero attached hydrogens (tertiary/aromatic N) is 5. The highest BCUT2D eigenvalue weighted by Crippen LogP contribution is 2.22. The highest BCUT2D eigenvalue weighted by atomic mass is 16.2. The summed E-state index contributed by atoms with van der Waals surface area (Å²) in [5.41, 5.74) is 1.10. The van der Waals surface area contributed by atoms with Gasteiger partial charge in [0.2, 0.25) is 5.91 Å². The molecule has 1 unspecified atom stereocenters.